The Labute approximate surface area is 212 Å². The molecule has 36 heavy (non-hydrogen) atoms. The van der Waals surface area contributed by atoms with Crippen LogP contribution in [-0.4, -0.2) is 41.6 Å². The quantitative estimate of drug-likeness (QED) is 0.594. The van der Waals surface area contributed by atoms with Gasteiger partial charge in [0.25, 0.3) is 5.91 Å². The predicted molar refractivity (Wildman–Crippen MR) is 133 cm³/mol. The molecule has 1 N–H and O–H groups in total. The van der Waals surface area contributed by atoms with Crippen molar-refractivity contribution < 1.29 is 23.7 Å². The fourth-order valence-electron chi connectivity index (χ4n) is 5.11. The summed E-state index contributed by atoms with van der Waals surface area (Å²) >= 11 is 0. The van der Waals surface area contributed by atoms with Crippen molar-refractivity contribution in [2.24, 2.45) is 0 Å². The Balaban J connectivity index is 1.41. The first-order valence-corrected chi connectivity index (χ1v) is 12.7. The number of nitrogens with zero attached hydrogens (tertiary/aromatic N) is 1. The number of nitriles is 1. The van der Waals surface area contributed by atoms with Crippen LogP contribution in [0.25, 0.3) is 0 Å². The molecule has 4 atom stereocenters. The third-order valence-electron chi connectivity index (χ3n) is 7.20. The summed E-state index contributed by atoms with van der Waals surface area (Å²) in [4.78, 5) is 13.7. The van der Waals surface area contributed by atoms with Crippen LogP contribution in [0.15, 0.2) is 48.5 Å². The number of rotatable bonds is 8. The number of hydrogen-bond donors (Lipinski definition) is 1. The van der Waals surface area contributed by atoms with Gasteiger partial charge in [-0.05, 0) is 50.8 Å². The molecule has 1 aliphatic heterocycles. The number of nitrogens with one attached hydrogen (secondary N) is 1. The number of aryl methyl sites for hydroxylation is 1. The van der Waals surface area contributed by atoms with Crippen LogP contribution in [0.3, 0.4) is 0 Å². The van der Waals surface area contributed by atoms with Gasteiger partial charge >= 0.3 is 0 Å². The van der Waals surface area contributed by atoms with Crippen LogP contribution in [0.1, 0.15) is 61.8 Å². The van der Waals surface area contributed by atoms with E-state index in [0.29, 0.717) is 25.0 Å². The number of ether oxygens (including phenoxy) is 4. The first-order chi connectivity index (χ1) is 17.3. The van der Waals surface area contributed by atoms with Gasteiger partial charge < -0.3 is 24.3 Å². The van der Waals surface area contributed by atoms with Crippen LogP contribution in [-0.2, 0) is 37.0 Å². The van der Waals surface area contributed by atoms with Gasteiger partial charge in [0.05, 0.1) is 37.1 Å². The van der Waals surface area contributed by atoms with Crippen molar-refractivity contribution in [1.29, 1.82) is 5.26 Å². The van der Waals surface area contributed by atoms with Gasteiger partial charge in [-0.2, -0.15) is 5.26 Å². The second-order valence-corrected chi connectivity index (χ2v) is 10.7. The van der Waals surface area contributed by atoms with E-state index in [1.165, 1.54) is 5.56 Å². The first kappa shape index (κ1) is 24.9. The topological polar surface area (TPSA) is 89.8 Å². The van der Waals surface area contributed by atoms with Gasteiger partial charge in [0.2, 0.25) is 0 Å². The van der Waals surface area contributed by atoms with E-state index in [1.54, 1.807) is 6.07 Å². The third-order valence-corrected chi connectivity index (χ3v) is 7.20. The molecule has 3 aliphatic rings. The first-order valence-electron chi connectivity index (χ1n) is 12.7. The fraction of sp³-hybridized carbons (Fsp3) is 0.517. The smallest absolute Gasteiger partial charge is 0.252 e. The van der Waals surface area contributed by atoms with E-state index in [9.17, 15) is 10.1 Å². The Kier molecular flexibility index (Phi) is 6.88. The number of amides is 1. The minimum Gasteiger partial charge on any atom is -0.371 e. The second-order valence-electron chi connectivity index (χ2n) is 10.7. The van der Waals surface area contributed by atoms with E-state index in [2.05, 4.69) is 30.4 Å². The standard InChI is InChI=1S/C29H34N2O5/c1-19-8-10-20(11-9-19)17-33-24-14-29(27(32)31-23-12-13-23,15-25-26(24)36-28(2,3)35-25)34-18-22-7-5-4-6-21(22)16-30/h4-11,23-26H,12-15,17-18H2,1-3H3,(H,31,32)/t24-,25-,26+,29-/m1/s1. The molecule has 0 aromatic heterocycles. The van der Waals surface area contributed by atoms with Gasteiger partial charge in [-0.1, -0.05) is 48.0 Å². The van der Waals surface area contributed by atoms with Crippen LogP contribution >= 0.6 is 0 Å². The Morgan fingerprint density at radius 1 is 1.08 bits per heavy atom. The maximum atomic E-state index is 13.7. The molecule has 2 aromatic rings. The van der Waals surface area contributed by atoms with Crippen LogP contribution in [0.4, 0.5) is 0 Å². The summed E-state index contributed by atoms with van der Waals surface area (Å²) in [6, 6.07) is 17.9. The van der Waals surface area contributed by atoms with Crippen molar-refractivity contribution in [3.05, 3.63) is 70.8 Å². The van der Waals surface area contributed by atoms with Crippen molar-refractivity contribution in [2.45, 2.75) is 95.4 Å². The SMILES string of the molecule is Cc1ccc(CO[C@@H]2C[C@](OCc3ccccc3C#N)(C(=O)NC3CC3)C[C@H]3OC(C)(C)O[C@@H]23)cc1. The van der Waals surface area contributed by atoms with Crippen molar-refractivity contribution in [1.82, 2.24) is 5.32 Å². The number of carbonyl (C=O) groups excluding carboxylic acids is 1. The van der Waals surface area contributed by atoms with Crippen LogP contribution in [0.5, 0.6) is 0 Å². The maximum absolute atomic E-state index is 13.7. The highest BCUT2D eigenvalue weighted by atomic mass is 16.8. The van der Waals surface area contributed by atoms with Gasteiger partial charge in [0, 0.05) is 18.9 Å². The summed E-state index contributed by atoms with van der Waals surface area (Å²) in [5, 5.41) is 12.7. The summed E-state index contributed by atoms with van der Waals surface area (Å²) in [6.45, 7) is 6.37. The summed E-state index contributed by atoms with van der Waals surface area (Å²) in [6.07, 6.45) is 1.60. The van der Waals surface area contributed by atoms with Crippen LogP contribution in [0, 0.1) is 18.3 Å². The molecule has 3 fully saturated rings. The highest BCUT2D eigenvalue weighted by molar-refractivity contribution is 5.86. The van der Waals surface area contributed by atoms with Gasteiger partial charge in [0.15, 0.2) is 11.4 Å². The van der Waals surface area contributed by atoms with E-state index in [4.69, 9.17) is 18.9 Å². The summed E-state index contributed by atoms with van der Waals surface area (Å²) in [5.41, 5.74) is 2.37. The van der Waals surface area contributed by atoms with Gasteiger partial charge in [-0.25, -0.2) is 0 Å². The molecule has 2 saturated carbocycles. The lowest BCUT2D eigenvalue weighted by Crippen LogP contribution is -2.60. The maximum Gasteiger partial charge on any atom is 0.252 e. The molecule has 1 saturated heterocycles. The van der Waals surface area contributed by atoms with Crippen molar-refractivity contribution in [3.63, 3.8) is 0 Å². The summed E-state index contributed by atoms with van der Waals surface area (Å²) in [7, 11) is 0. The number of benzene rings is 2. The molecule has 7 heteroatoms. The van der Waals surface area contributed by atoms with Crippen molar-refractivity contribution in [3.8, 4) is 6.07 Å². The molecule has 2 aliphatic carbocycles. The zero-order valence-corrected chi connectivity index (χ0v) is 21.2. The Bertz CT molecular complexity index is 1140. The molecule has 0 bridgehead atoms. The molecule has 0 radical (unpaired) electrons. The molecule has 7 nitrogen and oxygen atoms in total. The molecule has 190 valence electrons. The third kappa shape index (κ3) is 5.47. The van der Waals surface area contributed by atoms with Crippen molar-refractivity contribution >= 4 is 5.91 Å². The zero-order valence-electron chi connectivity index (χ0n) is 21.2. The normalized spacial score (nSPS) is 28.8. The minimum absolute atomic E-state index is 0.143. The molecule has 0 unspecified atom stereocenters. The monoisotopic (exact) mass is 490 g/mol. The number of hydrogen-bond acceptors (Lipinski definition) is 6. The predicted octanol–water partition coefficient (Wildman–Crippen LogP) is 4.30. The lowest BCUT2D eigenvalue weighted by Gasteiger charge is -2.43. The van der Waals surface area contributed by atoms with Gasteiger partial charge in [-0.15, -0.1) is 0 Å². The number of carbonyl (C=O) groups is 1. The Hall–Kier alpha value is -2.76. The Morgan fingerprint density at radius 3 is 2.56 bits per heavy atom. The highest BCUT2D eigenvalue weighted by Crippen LogP contribution is 2.44. The molecular formula is C29H34N2O5. The van der Waals surface area contributed by atoms with E-state index >= 15 is 0 Å². The van der Waals surface area contributed by atoms with E-state index < -0.39 is 17.5 Å². The highest BCUT2D eigenvalue weighted by Gasteiger charge is 2.58. The second kappa shape index (κ2) is 9.95. The lowest BCUT2D eigenvalue weighted by atomic mass is 9.78. The summed E-state index contributed by atoms with van der Waals surface area (Å²) < 4.78 is 25.4. The molecule has 0 spiro atoms. The van der Waals surface area contributed by atoms with Crippen LogP contribution < -0.4 is 5.32 Å². The molecule has 5 rings (SSSR count). The van der Waals surface area contributed by atoms with Gasteiger partial charge in [0.1, 0.15) is 6.10 Å². The summed E-state index contributed by atoms with van der Waals surface area (Å²) in [5.74, 6) is -0.924. The fourth-order valence-corrected chi connectivity index (χ4v) is 5.11. The molecule has 1 heterocycles. The molecular weight excluding hydrogens is 456 g/mol. The minimum atomic E-state index is -1.16. The largest absolute Gasteiger partial charge is 0.371 e. The number of fused-ring (bicyclic) bond motifs is 1. The molecule has 1 amide bonds. The van der Waals surface area contributed by atoms with Crippen molar-refractivity contribution in [2.75, 3.05) is 0 Å². The van der Waals surface area contributed by atoms with E-state index in [0.717, 1.165) is 24.0 Å². The average molecular weight is 491 g/mol. The lowest BCUT2D eigenvalue weighted by molar-refractivity contribution is -0.183. The van der Waals surface area contributed by atoms with Gasteiger partial charge in [-0.3, -0.25) is 4.79 Å². The average Bonchev–Trinajstić information content (AvgIpc) is 3.62. The molecule has 2 aromatic carbocycles. The Morgan fingerprint density at radius 2 is 1.83 bits per heavy atom. The van der Waals surface area contributed by atoms with E-state index in [-0.39, 0.29) is 30.8 Å². The van der Waals surface area contributed by atoms with Crippen LogP contribution in [0.2, 0.25) is 0 Å². The van der Waals surface area contributed by atoms with E-state index in [1.807, 2.05) is 44.2 Å². The zero-order chi connectivity index (χ0) is 25.3.